The highest BCUT2D eigenvalue weighted by molar-refractivity contribution is 6.00. The third kappa shape index (κ3) is 11.0. The molecule has 8 rings (SSSR count). The molecule has 0 spiro atoms. The molecular weight excluding hydrogens is 779 g/mol. The van der Waals surface area contributed by atoms with Gasteiger partial charge in [-0.3, -0.25) is 4.79 Å². The number of anilines is 1. The summed E-state index contributed by atoms with van der Waals surface area (Å²) in [5.41, 5.74) is 7.87. The van der Waals surface area contributed by atoms with E-state index in [1.54, 1.807) is 14.0 Å². The number of allylic oxidation sites excluding steroid dienone is 4. The van der Waals surface area contributed by atoms with Gasteiger partial charge in [0.25, 0.3) is 0 Å². The van der Waals surface area contributed by atoms with Gasteiger partial charge in [0.05, 0.1) is 13.2 Å². The van der Waals surface area contributed by atoms with E-state index < -0.39 is 12.2 Å². The summed E-state index contributed by atoms with van der Waals surface area (Å²) in [6, 6.07) is 20.1. The Kier molecular flexibility index (Phi) is 15.0. The van der Waals surface area contributed by atoms with Crippen LogP contribution in [0.4, 0.5) is 5.69 Å². The first-order valence-electron chi connectivity index (χ1n) is 22.3. The van der Waals surface area contributed by atoms with Gasteiger partial charge in [0.2, 0.25) is 0 Å². The summed E-state index contributed by atoms with van der Waals surface area (Å²) in [6.07, 6.45) is 16.9. The highest BCUT2D eigenvalue weighted by atomic mass is 16.5. The standard InChI is InChI=1S/C53H61NO8/c1-34-15-20-45-40-18-21-47-46(50(59)31-48(34)53(45)47)14-8-24-61-44(30-43(57)19-16-37-17-22-51(60-3)52(26-37)62-33-40)28-41-29-49(58)39(12-7-23-55)27-38(41)11-5-4-9-36-10-6-13-42(25-36)54-32-35(2)56/h6,10,13,15,17-18,20-22,25-27,29,31,34-35,38,41,44,54-56,58-59H,4-5,7,9,11-12,14,16,19,23,28,30,32-33H2,1-3H3/t34-,35-,38-,41+,44-/m0/s1. The number of carbonyl (C=O) groups excluding carboxylic acids is 1. The van der Waals surface area contributed by atoms with Crippen LogP contribution in [0.1, 0.15) is 105 Å². The maximum absolute atomic E-state index is 13.8. The van der Waals surface area contributed by atoms with Crippen molar-refractivity contribution < 1.29 is 39.4 Å². The molecule has 62 heavy (non-hydrogen) atoms. The summed E-state index contributed by atoms with van der Waals surface area (Å²) in [5, 5.41) is 47.2. The molecule has 6 bridgehead atoms. The fraction of sp³-hybridized carbons (Fsp3) is 0.415. The Morgan fingerprint density at radius 2 is 1.85 bits per heavy atom. The van der Waals surface area contributed by atoms with Crippen LogP contribution < -0.4 is 14.8 Å². The molecule has 5 atom stereocenters. The minimum Gasteiger partial charge on any atom is -0.508 e. The number of ether oxygens (including phenoxy) is 3. The van der Waals surface area contributed by atoms with Gasteiger partial charge in [0.1, 0.15) is 36.1 Å². The number of aliphatic hydroxyl groups excluding tert-OH is 3. The number of methoxy groups -OCH3 is 1. The molecule has 326 valence electrons. The van der Waals surface area contributed by atoms with Crippen molar-refractivity contribution in [3.05, 3.63) is 124 Å². The number of aliphatic hydroxyl groups is 3. The minimum absolute atomic E-state index is 0.0431. The molecule has 2 aliphatic carbocycles. The maximum Gasteiger partial charge on any atom is 0.161 e. The second-order valence-corrected chi connectivity index (χ2v) is 17.2. The first kappa shape index (κ1) is 44.4. The van der Waals surface area contributed by atoms with Gasteiger partial charge in [-0.15, -0.1) is 0 Å². The zero-order valence-electron chi connectivity index (χ0n) is 36.3. The van der Waals surface area contributed by atoms with Crippen molar-refractivity contribution in [3.8, 4) is 29.3 Å². The van der Waals surface area contributed by atoms with Crippen LogP contribution in [0, 0.1) is 23.9 Å². The lowest BCUT2D eigenvalue weighted by Gasteiger charge is -2.30. The van der Waals surface area contributed by atoms with Gasteiger partial charge >= 0.3 is 0 Å². The van der Waals surface area contributed by atoms with Gasteiger partial charge in [-0.2, -0.15) is 0 Å². The predicted molar refractivity (Wildman–Crippen MR) is 246 cm³/mol. The Morgan fingerprint density at radius 1 is 0.984 bits per heavy atom. The van der Waals surface area contributed by atoms with E-state index in [0.717, 1.165) is 75.5 Å². The first-order valence-corrected chi connectivity index (χ1v) is 22.3. The largest absolute Gasteiger partial charge is 0.508 e. The molecule has 2 aliphatic heterocycles. The molecule has 2 heterocycles. The van der Waals surface area contributed by atoms with Crippen molar-refractivity contribution >= 4 is 28.3 Å². The SMILES string of the molecule is COc1ccc2cc1OCc1ccc3c(c(O)cc4c3c1C=C[C@@H]4C)CC#CO[C@@H](C[C@@H]1C=C(O)C(CCCO)=C[C@@H]1CCCCc1cccc(NC[C@H](C)O)c1)CC(=O)CC2. The van der Waals surface area contributed by atoms with Gasteiger partial charge in [-0.1, -0.05) is 67.8 Å². The molecule has 0 aromatic heterocycles. The number of aromatic hydroxyl groups is 1. The first-order chi connectivity index (χ1) is 30.1. The van der Waals surface area contributed by atoms with Crippen molar-refractivity contribution in [1.82, 2.24) is 0 Å². The number of hydrogen-bond acceptors (Lipinski definition) is 9. The second-order valence-electron chi connectivity index (χ2n) is 17.2. The number of Topliss-reactive ketones (excluding diaryl/α,β-unsaturated/α-hetero) is 1. The average molecular weight is 840 g/mol. The lowest BCUT2D eigenvalue weighted by Crippen LogP contribution is -2.25. The Bertz CT molecular complexity index is 2380. The summed E-state index contributed by atoms with van der Waals surface area (Å²) in [4.78, 5) is 13.8. The fourth-order valence-electron chi connectivity index (χ4n) is 9.12. The Morgan fingerprint density at radius 3 is 2.68 bits per heavy atom. The zero-order valence-corrected chi connectivity index (χ0v) is 36.3. The topological polar surface area (TPSA) is 138 Å². The number of carbonyl (C=O) groups is 1. The molecule has 9 heteroatoms. The lowest BCUT2D eigenvalue weighted by molar-refractivity contribution is -0.121. The molecule has 0 saturated heterocycles. The van der Waals surface area contributed by atoms with E-state index in [1.165, 1.54) is 5.56 Å². The molecule has 4 aromatic carbocycles. The number of rotatable bonds is 14. The predicted octanol–water partition coefficient (Wildman–Crippen LogP) is 10.0. The fourth-order valence-corrected chi connectivity index (χ4v) is 9.12. The van der Waals surface area contributed by atoms with E-state index in [-0.39, 0.29) is 54.5 Å². The van der Waals surface area contributed by atoms with Crippen molar-refractivity contribution in [2.24, 2.45) is 11.8 Å². The molecule has 5 N–H and O–H groups in total. The molecule has 0 saturated carbocycles. The highest BCUT2D eigenvalue weighted by Gasteiger charge is 2.29. The summed E-state index contributed by atoms with van der Waals surface area (Å²) >= 11 is 0. The van der Waals surface area contributed by atoms with Crippen LogP contribution in [0.5, 0.6) is 17.2 Å². The number of benzene rings is 4. The van der Waals surface area contributed by atoms with E-state index >= 15 is 0 Å². The van der Waals surface area contributed by atoms with E-state index in [2.05, 4.69) is 60.7 Å². The van der Waals surface area contributed by atoms with Crippen LogP contribution in [0.25, 0.3) is 16.8 Å². The van der Waals surface area contributed by atoms with Gasteiger partial charge in [0.15, 0.2) is 11.5 Å². The van der Waals surface area contributed by atoms with Crippen molar-refractivity contribution in [2.45, 2.75) is 109 Å². The number of aryl methyl sites for hydroxylation is 2. The highest BCUT2D eigenvalue weighted by Crippen LogP contribution is 2.42. The number of ketones is 1. The van der Waals surface area contributed by atoms with Crippen LogP contribution in [0.2, 0.25) is 0 Å². The van der Waals surface area contributed by atoms with Gasteiger partial charge in [0, 0.05) is 49.6 Å². The van der Waals surface area contributed by atoms with E-state index in [1.807, 2.05) is 48.5 Å². The van der Waals surface area contributed by atoms with Crippen molar-refractivity contribution in [2.75, 3.05) is 25.6 Å². The Labute approximate surface area is 366 Å². The molecule has 0 amide bonds. The van der Waals surface area contributed by atoms with Gasteiger partial charge in [-0.05, 0) is 144 Å². The van der Waals surface area contributed by atoms with Crippen molar-refractivity contribution in [3.63, 3.8) is 0 Å². The van der Waals surface area contributed by atoms with Gasteiger partial charge in [-0.25, -0.2) is 0 Å². The van der Waals surface area contributed by atoms with Crippen LogP contribution in [-0.4, -0.2) is 58.7 Å². The summed E-state index contributed by atoms with van der Waals surface area (Å²) in [5.74, 6) is 4.97. The third-order valence-electron chi connectivity index (χ3n) is 12.5. The molecule has 0 unspecified atom stereocenters. The molecule has 0 fully saturated rings. The summed E-state index contributed by atoms with van der Waals surface area (Å²) < 4.78 is 18.4. The van der Waals surface area contributed by atoms with Crippen molar-refractivity contribution in [1.29, 1.82) is 0 Å². The Balaban J connectivity index is 1.14. The zero-order chi connectivity index (χ0) is 43.6. The quantitative estimate of drug-likeness (QED) is 0.0621. The smallest absolute Gasteiger partial charge is 0.161 e. The lowest BCUT2D eigenvalue weighted by atomic mass is 9.77. The maximum atomic E-state index is 13.8. The minimum atomic E-state index is -0.536. The van der Waals surface area contributed by atoms with Crippen LogP contribution in [-0.2, 0) is 35.4 Å². The summed E-state index contributed by atoms with van der Waals surface area (Å²) in [7, 11) is 1.62. The third-order valence-corrected chi connectivity index (χ3v) is 12.5. The number of phenolic OH excluding ortho intramolecular Hbond substituents is 1. The van der Waals surface area contributed by atoms with Gasteiger partial charge < -0.3 is 40.0 Å². The molecule has 4 aromatic rings. The number of phenols is 1. The normalized spacial score (nSPS) is 20.4. The number of hydrogen-bond donors (Lipinski definition) is 5. The number of nitrogens with one attached hydrogen (secondary N) is 1. The second kappa shape index (κ2) is 20.9. The average Bonchev–Trinajstić information content (AvgIpc) is 3.26. The van der Waals surface area contributed by atoms with Crippen LogP contribution >= 0.6 is 0 Å². The molecule has 4 aliphatic rings. The summed E-state index contributed by atoms with van der Waals surface area (Å²) in [6.45, 7) is 4.74. The van der Waals surface area contributed by atoms with E-state index in [9.17, 15) is 25.2 Å². The molecular formula is C53H61NO8. The van der Waals surface area contributed by atoms with E-state index in [4.69, 9.17) is 14.2 Å². The van der Waals surface area contributed by atoms with Crippen LogP contribution in [0.15, 0.2) is 90.2 Å². The molecule has 0 radical (unpaired) electrons. The van der Waals surface area contributed by atoms with E-state index in [0.29, 0.717) is 56.8 Å². The van der Waals surface area contributed by atoms with Crippen LogP contribution in [0.3, 0.4) is 0 Å². The molecule has 9 nitrogen and oxygen atoms in total. The number of fused-ring (bicyclic) bond motifs is 9. The monoisotopic (exact) mass is 839 g/mol. The number of unbranched alkanes of at least 4 members (excludes halogenated alkanes) is 1. The Hall–Kier alpha value is -5.69.